The molecule has 1 unspecified atom stereocenters. The van der Waals surface area contributed by atoms with E-state index >= 15 is 0 Å². The van der Waals surface area contributed by atoms with Gasteiger partial charge in [0.25, 0.3) is 0 Å². The highest BCUT2D eigenvalue weighted by Gasteiger charge is 2.61. The molecule has 4 saturated carbocycles. The first-order chi connectivity index (χ1) is 13.8. The number of hydrogen-bond acceptors (Lipinski definition) is 2. The van der Waals surface area contributed by atoms with Crippen LogP contribution in [-0.4, -0.2) is 13.1 Å². The van der Waals surface area contributed by atoms with Crippen LogP contribution in [0.2, 0.25) is 0 Å². The Morgan fingerprint density at radius 1 is 1.00 bits per heavy atom. The van der Waals surface area contributed by atoms with Gasteiger partial charge in [-0.25, -0.2) is 0 Å². The van der Waals surface area contributed by atoms with Gasteiger partial charge in [-0.3, -0.25) is 4.79 Å². The van der Waals surface area contributed by atoms with Crippen molar-refractivity contribution in [3.05, 3.63) is 0 Å². The monoisotopic (exact) mass is 402 g/mol. The highest BCUT2D eigenvalue weighted by Crippen LogP contribution is 2.69. The summed E-state index contributed by atoms with van der Waals surface area (Å²) in [6, 6.07) is 0. The quantitative estimate of drug-likeness (QED) is 0.452. The molecular formula is C27H46O2. The predicted octanol–water partition coefficient (Wildman–Crippen LogP) is 7.26. The van der Waals surface area contributed by atoms with E-state index in [4.69, 9.17) is 4.74 Å². The Labute approximate surface area is 179 Å². The maximum atomic E-state index is 11.7. The van der Waals surface area contributed by atoms with E-state index in [1.807, 2.05) is 0 Å². The van der Waals surface area contributed by atoms with Crippen molar-refractivity contribution in [1.82, 2.24) is 0 Å². The Kier molecular flexibility index (Phi) is 6.13. The minimum Gasteiger partial charge on any atom is -0.469 e. The van der Waals surface area contributed by atoms with Gasteiger partial charge in [0.15, 0.2) is 0 Å². The minimum atomic E-state index is -0.0328. The molecule has 29 heavy (non-hydrogen) atoms. The molecule has 4 aliphatic rings. The van der Waals surface area contributed by atoms with E-state index < -0.39 is 0 Å². The van der Waals surface area contributed by atoms with Gasteiger partial charge < -0.3 is 4.74 Å². The standard InChI is InChI=1S/C27H46O2/c1-6-19-17-20-23-12-11-21(18(2)10-13-25(28)29-5)27(23,4)16-14-24(20)26(3)15-8-7-9-22(19)26/h18-24H,6-17H2,1-5H3/t18-,19+,20+,21-,22?,23+,24+,26+,27-/m1/s1. The zero-order valence-electron chi connectivity index (χ0n) is 19.8. The SMILES string of the molecule is CC[C@H]1C[C@H]2[C@@H]3CC[C@H]([C@H](C)CCC(=O)OC)[C@@]3(C)CC[C@@H]2[C@@]2(C)CCCCC12. The number of carbonyl (C=O) groups is 1. The molecule has 0 N–H and O–H groups in total. The van der Waals surface area contributed by atoms with E-state index in [9.17, 15) is 4.79 Å². The molecule has 0 spiro atoms. The van der Waals surface area contributed by atoms with Gasteiger partial charge in [-0.05, 0) is 104 Å². The fraction of sp³-hybridized carbons (Fsp3) is 0.963. The van der Waals surface area contributed by atoms with Gasteiger partial charge in [-0.15, -0.1) is 0 Å². The van der Waals surface area contributed by atoms with Crippen LogP contribution in [0.3, 0.4) is 0 Å². The highest BCUT2D eigenvalue weighted by atomic mass is 16.5. The van der Waals surface area contributed by atoms with E-state index in [2.05, 4.69) is 27.7 Å². The molecule has 0 heterocycles. The van der Waals surface area contributed by atoms with Crippen molar-refractivity contribution >= 4 is 5.97 Å². The number of rotatable bonds is 5. The van der Waals surface area contributed by atoms with Gasteiger partial charge in [0.05, 0.1) is 7.11 Å². The first kappa shape index (κ1) is 21.7. The van der Waals surface area contributed by atoms with Crippen molar-refractivity contribution in [2.75, 3.05) is 7.11 Å². The lowest BCUT2D eigenvalue weighted by Gasteiger charge is -2.63. The summed E-state index contributed by atoms with van der Waals surface area (Å²) < 4.78 is 4.91. The van der Waals surface area contributed by atoms with Crippen LogP contribution in [0, 0.1) is 52.3 Å². The molecule has 4 fully saturated rings. The second-order valence-corrected chi connectivity index (χ2v) is 12.0. The summed E-state index contributed by atoms with van der Waals surface area (Å²) in [5, 5.41) is 0. The van der Waals surface area contributed by atoms with E-state index in [1.54, 1.807) is 0 Å². The Morgan fingerprint density at radius 3 is 2.48 bits per heavy atom. The van der Waals surface area contributed by atoms with Gasteiger partial charge in [0.1, 0.15) is 0 Å². The highest BCUT2D eigenvalue weighted by molar-refractivity contribution is 5.69. The summed E-state index contributed by atoms with van der Waals surface area (Å²) in [7, 11) is 1.52. The van der Waals surface area contributed by atoms with Crippen molar-refractivity contribution in [2.24, 2.45) is 52.3 Å². The normalized spacial score (nSPS) is 47.6. The van der Waals surface area contributed by atoms with Crippen LogP contribution < -0.4 is 0 Å². The van der Waals surface area contributed by atoms with Gasteiger partial charge in [-0.1, -0.05) is 47.0 Å². The molecule has 0 aliphatic heterocycles. The molecule has 0 radical (unpaired) electrons. The van der Waals surface area contributed by atoms with Gasteiger partial charge in [0, 0.05) is 6.42 Å². The largest absolute Gasteiger partial charge is 0.469 e. The molecule has 0 bridgehead atoms. The summed E-state index contributed by atoms with van der Waals surface area (Å²) in [4.78, 5) is 11.7. The summed E-state index contributed by atoms with van der Waals surface area (Å²) in [6.45, 7) is 10.2. The number of ether oxygens (including phenoxy) is 1. The van der Waals surface area contributed by atoms with Crippen LogP contribution >= 0.6 is 0 Å². The molecule has 0 aromatic carbocycles. The predicted molar refractivity (Wildman–Crippen MR) is 119 cm³/mol. The topological polar surface area (TPSA) is 26.3 Å². The van der Waals surface area contributed by atoms with Gasteiger partial charge >= 0.3 is 5.97 Å². The maximum Gasteiger partial charge on any atom is 0.305 e. The summed E-state index contributed by atoms with van der Waals surface area (Å²) >= 11 is 0. The third-order valence-electron chi connectivity index (χ3n) is 11.1. The van der Waals surface area contributed by atoms with Crippen molar-refractivity contribution < 1.29 is 9.53 Å². The number of esters is 1. The maximum absolute atomic E-state index is 11.7. The van der Waals surface area contributed by atoms with Gasteiger partial charge in [-0.2, -0.15) is 0 Å². The Balaban J connectivity index is 1.53. The average molecular weight is 403 g/mol. The smallest absolute Gasteiger partial charge is 0.305 e. The lowest BCUT2D eigenvalue weighted by Crippen LogP contribution is -2.55. The van der Waals surface area contributed by atoms with E-state index in [0.717, 1.165) is 41.9 Å². The number of carbonyl (C=O) groups excluding carboxylic acids is 1. The van der Waals surface area contributed by atoms with Crippen LogP contribution in [-0.2, 0) is 9.53 Å². The zero-order chi connectivity index (χ0) is 20.8. The second kappa shape index (κ2) is 8.19. The van der Waals surface area contributed by atoms with Crippen molar-refractivity contribution in [3.8, 4) is 0 Å². The molecule has 2 heteroatoms. The first-order valence-corrected chi connectivity index (χ1v) is 12.9. The summed E-state index contributed by atoms with van der Waals surface area (Å²) in [5.74, 6) is 6.27. The van der Waals surface area contributed by atoms with Gasteiger partial charge in [0.2, 0.25) is 0 Å². The zero-order valence-corrected chi connectivity index (χ0v) is 19.8. The molecule has 2 nitrogen and oxygen atoms in total. The fourth-order valence-corrected chi connectivity index (χ4v) is 9.64. The van der Waals surface area contributed by atoms with E-state index in [1.165, 1.54) is 71.3 Å². The van der Waals surface area contributed by atoms with Crippen molar-refractivity contribution in [1.29, 1.82) is 0 Å². The third kappa shape index (κ3) is 3.49. The molecule has 0 aromatic rings. The van der Waals surface area contributed by atoms with Crippen LogP contribution in [0.4, 0.5) is 0 Å². The Morgan fingerprint density at radius 2 is 1.76 bits per heavy atom. The van der Waals surface area contributed by atoms with Crippen LogP contribution in [0.25, 0.3) is 0 Å². The Hall–Kier alpha value is -0.530. The molecule has 0 saturated heterocycles. The first-order valence-electron chi connectivity index (χ1n) is 12.9. The number of fused-ring (bicyclic) bond motifs is 5. The molecule has 166 valence electrons. The minimum absolute atomic E-state index is 0.0328. The number of methoxy groups -OCH3 is 1. The third-order valence-corrected chi connectivity index (χ3v) is 11.1. The molecule has 4 aliphatic carbocycles. The fourth-order valence-electron chi connectivity index (χ4n) is 9.64. The van der Waals surface area contributed by atoms with Crippen LogP contribution in [0.5, 0.6) is 0 Å². The van der Waals surface area contributed by atoms with E-state index in [-0.39, 0.29) is 5.97 Å². The average Bonchev–Trinajstić information content (AvgIpc) is 3.08. The lowest BCUT2D eigenvalue weighted by atomic mass is 9.42. The Bertz CT molecular complexity index is 599. The summed E-state index contributed by atoms with van der Waals surface area (Å²) in [6.07, 6.45) is 16.2. The lowest BCUT2D eigenvalue weighted by molar-refractivity contribution is -0.142. The molecule has 4 rings (SSSR count). The molecule has 0 aromatic heterocycles. The van der Waals surface area contributed by atoms with E-state index in [0.29, 0.717) is 23.2 Å². The number of hydrogen-bond donors (Lipinski definition) is 0. The molecule has 9 atom stereocenters. The molecular weight excluding hydrogens is 356 g/mol. The van der Waals surface area contributed by atoms with Crippen molar-refractivity contribution in [3.63, 3.8) is 0 Å². The van der Waals surface area contributed by atoms with Crippen LogP contribution in [0.1, 0.15) is 105 Å². The van der Waals surface area contributed by atoms with Crippen LogP contribution in [0.15, 0.2) is 0 Å². The summed E-state index contributed by atoms with van der Waals surface area (Å²) in [5.41, 5.74) is 1.13. The second-order valence-electron chi connectivity index (χ2n) is 12.0. The molecule has 0 amide bonds. The van der Waals surface area contributed by atoms with Crippen molar-refractivity contribution in [2.45, 2.75) is 105 Å².